The SMILES string of the molecule is CC1(C)c2cc3ccccc3cc2-c2c(-c3cc(-c4ccc(-c5ccc6c(ccc7ccccc76)c5)cc4)nc(-c4ccccc4)n3)cccc21. The Morgan fingerprint density at radius 2 is 1.02 bits per heavy atom. The number of fused-ring (bicyclic) bond motifs is 7. The van der Waals surface area contributed by atoms with Crippen LogP contribution in [-0.2, 0) is 5.41 Å². The van der Waals surface area contributed by atoms with Crippen molar-refractivity contribution in [2.45, 2.75) is 19.3 Å². The van der Waals surface area contributed by atoms with Gasteiger partial charge in [0.15, 0.2) is 5.82 Å². The Labute approximate surface area is 297 Å². The van der Waals surface area contributed by atoms with Crippen LogP contribution in [0.25, 0.3) is 88.5 Å². The first-order chi connectivity index (χ1) is 25.0. The van der Waals surface area contributed by atoms with E-state index in [1.807, 2.05) is 6.07 Å². The Morgan fingerprint density at radius 3 is 1.84 bits per heavy atom. The second-order valence-corrected chi connectivity index (χ2v) is 14.2. The van der Waals surface area contributed by atoms with Gasteiger partial charge in [0.1, 0.15) is 0 Å². The summed E-state index contributed by atoms with van der Waals surface area (Å²) in [7, 11) is 0. The highest BCUT2D eigenvalue weighted by Crippen LogP contribution is 2.53. The molecule has 0 saturated carbocycles. The molecule has 0 amide bonds. The van der Waals surface area contributed by atoms with Crippen LogP contribution < -0.4 is 0 Å². The molecule has 2 heteroatoms. The molecule has 0 N–H and O–H groups in total. The van der Waals surface area contributed by atoms with Crippen LogP contribution in [0.2, 0.25) is 0 Å². The summed E-state index contributed by atoms with van der Waals surface area (Å²) in [6, 6.07) is 61.3. The average molecular weight is 651 g/mol. The zero-order valence-corrected chi connectivity index (χ0v) is 28.6. The van der Waals surface area contributed by atoms with Crippen molar-refractivity contribution in [1.29, 1.82) is 0 Å². The maximum absolute atomic E-state index is 5.26. The molecule has 0 aliphatic heterocycles. The van der Waals surface area contributed by atoms with Crippen LogP contribution in [0.4, 0.5) is 0 Å². The molecule has 0 bridgehead atoms. The molecule has 0 atom stereocenters. The predicted octanol–water partition coefficient (Wildman–Crippen LogP) is 12.9. The molecule has 10 rings (SSSR count). The largest absolute Gasteiger partial charge is 0.228 e. The van der Waals surface area contributed by atoms with Gasteiger partial charge in [-0.3, -0.25) is 0 Å². The third-order valence-corrected chi connectivity index (χ3v) is 10.9. The number of rotatable bonds is 4. The molecule has 0 unspecified atom stereocenters. The van der Waals surface area contributed by atoms with Crippen LogP contribution in [0.5, 0.6) is 0 Å². The quantitative estimate of drug-likeness (QED) is 0.177. The molecule has 8 aromatic carbocycles. The summed E-state index contributed by atoms with van der Waals surface area (Å²) >= 11 is 0. The van der Waals surface area contributed by atoms with E-state index < -0.39 is 0 Å². The molecule has 1 aliphatic rings. The second-order valence-electron chi connectivity index (χ2n) is 14.2. The van der Waals surface area contributed by atoms with Crippen molar-refractivity contribution in [1.82, 2.24) is 9.97 Å². The highest BCUT2D eigenvalue weighted by Gasteiger charge is 2.37. The van der Waals surface area contributed by atoms with Crippen molar-refractivity contribution < 1.29 is 0 Å². The summed E-state index contributed by atoms with van der Waals surface area (Å²) in [5, 5.41) is 7.61. The highest BCUT2D eigenvalue weighted by molar-refractivity contribution is 6.08. The van der Waals surface area contributed by atoms with Crippen LogP contribution in [0.3, 0.4) is 0 Å². The topological polar surface area (TPSA) is 25.8 Å². The minimum atomic E-state index is -0.130. The summed E-state index contributed by atoms with van der Waals surface area (Å²) in [6.07, 6.45) is 0. The van der Waals surface area contributed by atoms with Gasteiger partial charge >= 0.3 is 0 Å². The highest BCUT2D eigenvalue weighted by atomic mass is 14.9. The van der Waals surface area contributed by atoms with E-state index in [-0.39, 0.29) is 5.41 Å². The number of hydrogen-bond donors (Lipinski definition) is 0. The molecule has 0 fully saturated rings. The summed E-state index contributed by atoms with van der Waals surface area (Å²) < 4.78 is 0. The predicted molar refractivity (Wildman–Crippen MR) is 214 cm³/mol. The fourth-order valence-corrected chi connectivity index (χ4v) is 8.16. The smallest absolute Gasteiger partial charge is 0.160 e. The third-order valence-electron chi connectivity index (χ3n) is 10.9. The van der Waals surface area contributed by atoms with Gasteiger partial charge in [0.05, 0.1) is 11.4 Å². The lowest BCUT2D eigenvalue weighted by molar-refractivity contribution is 0.661. The summed E-state index contributed by atoms with van der Waals surface area (Å²) in [5.74, 6) is 0.725. The molecule has 9 aromatic rings. The van der Waals surface area contributed by atoms with Crippen molar-refractivity contribution in [2.24, 2.45) is 0 Å². The molecule has 0 spiro atoms. The van der Waals surface area contributed by atoms with Crippen LogP contribution in [0.15, 0.2) is 170 Å². The summed E-state index contributed by atoms with van der Waals surface area (Å²) in [5.41, 5.74) is 12.5. The lowest BCUT2D eigenvalue weighted by Gasteiger charge is -2.22. The molecule has 1 aliphatic carbocycles. The van der Waals surface area contributed by atoms with E-state index in [0.717, 1.165) is 33.9 Å². The van der Waals surface area contributed by atoms with E-state index in [4.69, 9.17) is 9.97 Å². The van der Waals surface area contributed by atoms with Gasteiger partial charge in [-0.05, 0) is 90.0 Å². The first-order valence-corrected chi connectivity index (χ1v) is 17.7. The van der Waals surface area contributed by atoms with Gasteiger partial charge in [0.25, 0.3) is 0 Å². The molecular formula is C49H34N2. The fraction of sp³-hybridized carbons (Fsp3) is 0.0612. The van der Waals surface area contributed by atoms with Gasteiger partial charge in [0, 0.05) is 22.1 Å². The van der Waals surface area contributed by atoms with Gasteiger partial charge in [-0.25, -0.2) is 9.97 Å². The Morgan fingerprint density at radius 1 is 0.373 bits per heavy atom. The molecular weight excluding hydrogens is 617 g/mol. The number of nitrogens with zero attached hydrogens (tertiary/aromatic N) is 2. The normalized spacial score (nSPS) is 13.1. The Kier molecular flexibility index (Phi) is 6.56. The van der Waals surface area contributed by atoms with Gasteiger partial charge in [-0.1, -0.05) is 159 Å². The number of hydrogen-bond acceptors (Lipinski definition) is 2. The van der Waals surface area contributed by atoms with E-state index in [0.29, 0.717) is 0 Å². The molecule has 240 valence electrons. The minimum Gasteiger partial charge on any atom is -0.228 e. The maximum Gasteiger partial charge on any atom is 0.160 e. The first-order valence-electron chi connectivity index (χ1n) is 17.7. The fourth-order valence-electron chi connectivity index (χ4n) is 8.16. The van der Waals surface area contributed by atoms with E-state index >= 15 is 0 Å². The standard InChI is InChI=1S/C49H34N2/c1-49(2)43-18-10-17-41(47(43)42-28-35-14-6-7-15-36(35)29-44(42)49)46-30-45(50-48(51-46)34-12-4-3-5-13-34)33-22-19-31(20-23-33)37-25-26-40-38(27-37)24-21-32-11-8-9-16-39(32)40/h3-30H,1-2H3. The van der Waals surface area contributed by atoms with Crippen LogP contribution in [-0.4, -0.2) is 9.97 Å². The number of benzene rings is 8. The minimum absolute atomic E-state index is 0.130. The summed E-state index contributed by atoms with van der Waals surface area (Å²) in [4.78, 5) is 10.4. The van der Waals surface area contributed by atoms with Crippen LogP contribution >= 0.6 is 0 Å². The van der Waals surface area contributed by atoms with Gasteiger partial charge < -0.3 is 0 Å². The molecule has 2 nitrogen and oxygen atoms in total. The summed E-state index contributed by atoms with van der Waals surface area (Å²) in [6.45, 7) is 4.69. The van der Waals surface area contributed by atoms with Gasteiger partial charge in [-0.2, -0.15) is 0 Å². The van der Waals surface area contributed by atoms with E-state index in [1.165, 1.54) is 65.7 Å². The molecule has 1 aromatic heterocycles. The zero-order chi connectivity index (χ0) is 34.1. The van der Waals surface area contributed by atoms with Crippen molar-refractivity contribution in [3.05, 3.63) is 181 Å². The van der Waals surface area contributed by atoms with Crippen LogP contribution in [0.1, 0.15) is 25.0 Å². The second kappa shape index (κ2) is 11.3. The Hall–Kier alpha value is -6.38. The first kappa shape index (κ1) is 29.5. The maximum atomic E-state index is 5.26. The monoisotopic (exact) mass is 650 g/mol. The van der Waals surface area contributed by atoms with Crippen molar-refractivity contribution >= 4 is 32.3 Å². The third kappa shape index (κ3) is 4.79. The van der Waals surface area contributed by atoms with Gasteiger partial charge in [-0.15, -0.1) is 0 Å². The molecule has 51 heavy (non-hydrogen) atoms. The van der Waals surface area contributed by atoms with Crippen molar-refractivity contribution in [2.75, 3.05) is 0 Å². The lowest BCUT2D eigenvalue weighted by atomic mass is 9.81. The molecule has 0 saturated heterocycles. The lowest BCUT2D eigenvalue weighted by Crippen LogP contribution is -2.14. The van der Waals surface area contributed by atoms with Gasteiger partial charge in [0.2, 0.25) is 0 Å². The molecule has 1 heterocycles. The van der Waals surface area contributed by atoms with Crippen LogP contribution in [0, 0.1) is 0 Å². The van der Waals surface area contributed by atoms with E-state index in [9.17, 15) is 0 Å². The van der Waals surface area contributed by atoms with E-state index in [2.05, 4.69) is 178 Å². The average Bonchev–Trinajstić information content (AvgIpc) is 3.42. The van der Waals surface area contributed by atoms with E-state index in [1.54, 1.807) is 0 Å². The Bertz CT molecular complexity index is 2810. The number of aromatic nitrogens is 2. The zero-order valence-electron chi connectivity index (χ0n) is 28.6. The van der Waals surface area contributed by atoms with Crippen molar-refractivity contribution in [3.63, 3.8) is 0 Å². The van der Waals surface area contributed by atoms with Crippen molar-refractivity contribution in [3.8, 4) is 56.2 Å². The Balaban J connectivity index is 1.10. The molecule has 0 radical (unpaired) electrons.